The molecule has 112 valence electrons. The number of halogens is 4. The Bertz CT molecular complexity index is 498. The highest BCUT2D eigenvalue weighted by atomic mass is 19.4. The van der Waals surface area contributed by atoms with Crippen LogP contribution in [0, 0.1) is 11.2 Å². The summed E-state index contributed by atoms with van der Waals surface area (Å²) in [6.07, 6.45) is -4.55. The van der Waals surface area contributed by atoms with E-state index in [2.05, 4.69) is 10.1 Å². The molecule has 0 aliphatic rings. The van der Waals surface area contributed by atoms with E-state index in [1.54, 1.807) is 0 Å². The molecule has 0 bridgehead atoms. The molecule has 0 unspecified atom stereocenters. The van der Waals surface area contributed by atoms with Crippen LogP contribution in [0.25, 0.3) is 0 Å². The van der Waals surface area contributed by atoms with Crippen molar-refractivity contribution in [1.82, 2.24) is 0 Å². The fourth-order valence-electron chi connectivity index (χ4n) is 1.50. The lowest BCUT2D eigenvalue weighted by atomic mass is 9.93. The molecule has 0 spiro atoms. The van der Waals surface area contributed by atoms with Gasteiger partial charge in [0, 0.05) is 6.54 Å². The Labute approximate surface area is 113 Å². The average Bonchev–Trinajstić information content (AvgIpc) is 2.35. The Hall–Kier alpha value is -1.79. The van der Waals surface area contributed by atoms with Crippen molar-refractivity contribution in [1.29, 1.82) is 0 Å². The van der Waals surface area contributed by atoms with Crippen molar-refractivity contribution in [2.24, 2.45) is 5.41 Å². The predicted molar refractivity (Wildman–Crippen MR) is 65.7 cm³/mol. The first-order valence-corrected chi connectivity index (χ1v) is 5.77. The van der Waals surface area contributed by atoms with Crippen molar-refractivity contribution in [3.8, 4) is 0 Å². The Morgan fingerprint density at radius 1 is 1.30 bits per heavy atom. The first-order valence-electron chi connectivity index (χ1n) is 5.77. The van der Waals surface area contributed by atoms with Crippen LogP contribution < -0.4 is 5.32 Å². The molecule has 0 fully saturated rings. The molecule has 0 amide bonds. The van der Waals surface area contributed by atoms with Gasteiger partial charge in [0.15, 0.2) is 0 Å². The number of carbonyl (C=O) groups excluding carboxylic acids is 1. The summed E-state index contributed by atoms with van der Waals surface area (Å²) < 4.78 is 55.6. The van der Waals surface area contributed by atoms with Gasteiger partial charge in [-0.15, -0.1) is 0 Å². The Kier molecular flexibility index (Phi) is 4.62. The molecule has 7 heteroatoms. The zero-order valence-electron chi connectivity index (χ0n) is 11.3. The van der Waals surface area contributed by atoms with Crippen LogP contribution in [0.2, 0.25) is 0 Å². The lowest BCUT2D eigenvalue weighted by Gasteiger charge is -2.22. The minimum atomic E-state index is -4.55. The maximum absolute atomic E-state index is 13.5. The molecule has 0 aliphatic carbocycles. The normalized spacial score (nSPS) is 12.2. The quantitative estimate of drug-likeness (QED) is 0.682. The zero-order chi connectivity index (χ0) is 15.6. The number of alkyl halides is 3. The molecule has 1 aromatic carbocycles. The average molecular weight is 293 g/mol. The number of hydrogen-bond acceptors (Lipinski definition) is 3. The second-order valence-corrected chi connectivity index (χ2v) is 4.92. The maximum atomic E-state index is 13.5. The lowest BCUT2D eigenvalue weighted by molar-refractivity contribution is -0.150. The van der Waals surface area contributed by atoms with Crippen LogP contribution in [0.15, 0.2) is 18.2 Å². The van der Waals surface area contributed by atoms with E-state index in [1.807, 2.05) is 0 Å². The van der Waals surface area contributed by atoms with Crippen molar-refractivity contribution >= 4 is 11.7 Å². The fourth-order valence-corrected chi connectivity index (χ4v) is 1.50. The highest BCUT2D eigenvalue weighted by Gasteiger charge is 2.32. The van der Waals surface area contributed by atoms with Gasteiger partial charge in [0.1, 0.15) is 5.82 Å². The number of hydrogen-bond donors (Lipinski definition) is 1. The van der Waals surface area contributed by atoms with E-state index < -0.39 is 28.9 Å². The van der Waals surface area contributed by atoms with Gasteiger partial charge in [0.05, 0.1) is 23.8 Å². The molecular formula is C13H15F4NO2. The summed E-state index contributed by atoms with van der Waals surface area (Å²) >= 11 is 0. The predicted octanol–water partition coefficient (Wildman–Crippen LogP) is 3.46. The Morgan fingerprint density at radius 3 is 2.40 bits per heavy atom. The standard InChI is InChI=1S/C13H15F4NO2/c1-12(2,11(19)20-3)7-18-10-6-8(13(15,16)17)4-5-9(10)14/h4-6,18H,7H2,1-3H3. The molecule has 1 rings (SSSR count). The highest BCUT2D eigenvalue weighted by molar-refractivity contribution is 5.76. The largest absolute Gasteiger partial charge is 0.469 e. The van der Waals surface area contributed by atoms with E-state index in [1.165, 1.54) is 21.0 Å². The van der Waals surface area contributed by atoms with E-state index >= 15 is 0 Å². The molecule has 1 N–H and O–H groups in total. The summed E-state index contributed by atoms with van der Waals surface area (Å²) in [5.74, 6) is -1.36. The molecule has 0 atom stereocenters. The van der Waals surface area contributed by atoms with Gasteiger partial charge >= 0.3 is 12.1 Å². The molecule has 0 heterocycles. The third-order valence-electron chi connectivity index (χ3n) is 2.75. The van der Waals surface area contributed by atoms with Crippen LogP contribution in [0.4, 0.5) is 23.2 Å². The summed E-state index contributed by atoms with van der Waals surface area (Å²) in [5.41, 5.74) is -2.26. The maximum Gasteiger partial charge on any atom is 0.416 e. The van der Waals surface area contributed by atoms with E-state index in [0.29, 0.717) is 12.1 Å². The van der Waals surface area contributed by atoms with Crippen molar-refractivity contribution in [3.63, 3.8) is 0 Å². The monoisotopic (exact) mass is 293 g/mol. The summed E-state index contributed by atoms with van der Waals surface area (Å²) in [6, 6.07) is 2.06. The second kappa shape index (κ2) is 5.68. The van der Waals surface area contributed by atoms with E-state index in [0.717, 1.165) is 6.07 Å². The lowest BCUT2D eigenvalue weighted by Crippen LogP contribution is -2.33. The topological polar surface area (TPSA) is 38.3 Å². The number of esters is 1. The van der Waals surface area contributed by atoms with Crippen LogP contribution in [-0.4, -0.2) is 19.6 Å². The smallest absolute Gasteiger partial charge is 0.416 e. The van der Waals surface area contributed by atoms with Gasteiger partial charge in [-0.2, -0.15) is 13.2 Å². The minimum Gasteiger partial charge on any atom is -0.469 e. The van der Waals surface area contributed by atoms with Crippen LogP contribution in [0.1, 0.15) is 19.4 Å². The van der Waals surface area contributed by atoms with Gasteiger partial charge in [-0.1, -0.05) is 0 Å². The molecule has 20 heavy (non-hydrogen) atoms. The summed E-state index contributed by atoms with van der Waals surface area (Å²) in [7, 11) is 1.20. The molecule has 0 aliphatic heterocycles. The van der Waals surface area contributed by atoms with E-state index in [-0.39, 0.29) is 12.2 Å². The zero-order valence-corrected chi connectivity index (χ0v) is 11.3. The minimum absolute atomic E-state index is 0.0576. The van der Waals surface area contributed by atoms with Crippen LogP contribution in [-0.2, 0) is 15.7 Å². The summed E-state index contributed by atoms with van der Waals surface area (Å²) in [6.45, 7) is 3.02. The SMILES string of the molecule is COC(=O)C(C)(C)CNc1cc(C(F)(F)F)ccc1F. The number of rotatable bonds is 4. The van der Waals surface area contributed by atoms with E-state index in [9.17, 15) is 22.4 Å². The van der Waals surface area contributed by atoms with Crippen molar-refractivity contribution in [3.05, 3.63) is 29.6 Å². The number of ether oxygens (including phenoxy) is 1. The van der Waals surface area contributed by atoms with Crippen LogP contribution in [0.5, 0.6) is 0 Å². The molecule has 1 aromatic rings. The number of anilines is 1. The van der Waals surface area contributed by atoms with Crippen molar-refractivity contribution in [2.75, 3.05) is 19.0 Å². The molecule has 0 aromatic heterocycles. The van der Waals surface area contributed by atoms with Crippen LogP contribution in [0.3, 0.4) is 0 Å². The molecular weight excluding hydrogens is 278 g/mol. The van der Waals surface area contributed by atoms with Gasteiger partial charge in [-0.05, 0) is 32.0 Å². The highest BCUT2D eigenvalue weighted by Crippen LogP contribution is 2.32. The summed E-state index contributed by atoms with van der Waals surface area (Å²) in [4.78, 5) is 11.4. The van der Waals surface area contributed by atoms with Gasteiger partial charge in [-0.3, -0.25) is 4.79 Å². The van der Waals surface area contributed by atoms with Gasteiger partial charge < -0.3 is 10.1 Å². The third kappa shape index (κ3) is 3.85. The molecule has 0 radical (unpaired) electrons. The van der Waals surface area contributed by atoms with Crippen LogP contribution >= 0.6 is 0 Å². The Balaban J connectivity index is 2.91. The van der Waals surface area contributed by atoms with Crippen molar-refractivity contribution < 1.29 is 27.1 Å². The number of carbonyl (C=O) groups is 1. The molecule has 0 saturated heterocycles. The van der Waals surface area contributed by atoms with Gasteiger partial charge in [0.2, 0.25) is 0 Å². The van der Waals surface area contributed by atoms with E-state index in [4.69, 9.17) is 0 Å². The van der Waals surface area contributed by atoms with Gasteiger partial charge in [0.25, 0.3) is 0 Å². The molecule has 0 saturated carbocycles. The first-order chi connectivity index (χ1) is 9.08. The third-order valence-corrected chi connectivity index (χ3v) is 2.75. The number of nitrogens with one attached hydrogen (secondary N) is 1. The van der Waals surface area contributed by atoms with Gasteiger partial charge in [-0.25, -0.2) is 4.39 Å². The number of methoxy groups -OCH3 is 1. The Morgan fingerprint density at radius 2 is 1.90 bits per heavy atom. The number of benzene rings is 1. The second-order valence-electron chi connectivity index (χ2n) is 4.92. The van der Waals surface area contributed by atoms with Crippen molar-refractivity contribution in [2.45, 2.75) is 20.0 Å². The fraction of sp³-hybridized carbons (Fsp3) is 0.462. The molecule has 3 nitrogen and oxygen atoms in total. The first kappa shape index (κ1) is 16.3. The summed E-state index contributed by atoms with van der Waals surface area (Å²) in [5, 5.41) is 2.51.